The molecule has 1 N–H and O–H groups in total. The number of nitrogens with zero attached hydrogens (tertiary/aromatic N) is 3. The lowest BCUT2D eigenvalue weighted by molar-refractivity contribution is 0.237. The second-order valence-electron chi connectivity index (χ2n) is 5.86. The predicted molar refractivity (Wildman–Crippen MR) is 89.6 cm³/mol. The molecule has 0 fully saturated rings. The molecule has 0 radical (unpaired) electrons. The van der Waals surface area contributed by atoms with Crippen molar-refractivity contribution in [2.45, 2.75) is 19.5 Å². The lowest BCUT2D eigenvalue weighted by Gasteiger charge is -2.23. The quantitative estimate of drug-likeness (QED) is 0.813. The van der Waals surface area contributed by atoms with Gasteiger partial charge in [-0.3, -0.25) is 9.88 Å². The van der Waals surface area contributed by atoms with Crippen molar-refractivity contribution in [1.29, 1.82) is 0 Å². The molecule has 22 heavy (non-hydrogen) atoms. The molecule has 4 heteroatoms. The van der Waals surface area contributed by atoms with E-state index in [4.69, 9.17) is 0 Å². The maximum Gasteiger partial charge on any atom is 0.115 e. The lowest BCUT2D eigenvalue weighted by atomic mass is 10.2. The first-order valence-electron chi connectivity index (χ1n) is 7.68. The normalized spacial score (nSPS) is 11.3. The molecule has 0 unspecified atom stereocenters. The first kappa shape index (κ1) is 16.5. The van der Waals surface area contributed by atoms with E-state index in [0.717, 1.165) is 43.9 Å². The average molecular weight is 299 g/mol. The molecule has 2 aromatic rings. The van der Waals surface area contributed by atoms with Gasteiger partial charge in [-0.2, -0.15) is 0 Å². The van der Waals surface area contributed by atoms with Gasteiger partial charge in [-0.05, 0) is 56.9 Å². The molecular formula is C18H25N3O. The number of hydrogen-bond donors (Lipinski definition) is 1. The predicted octanol–water partition coefficient (Wildman–Crippen LogP) is 2.74. The van der Waals surface area contributed by atoms with Crippen molar-refractivity contribution in [1.82, 2.24) is 14.8 Å². The highest BCUT2D eigenvalue weighted by Crippen LogP contribution is 2.14. The topological polar surface area (TPSA) is 39.6 Å². The van der Waals surface area contributed by atoms with Gasteiger partial charge in [0.1, 0.15) is 5.75 Å². The Hall–Kier alpha value is -1.91. The summed E-state index contributed by atoms with van der Waals surface area (Å²) in [6.45, 7) is 3.71. The molecule has 0 spiro atoms. The van der Waals surface area contributed by atoms with Crippen LogP contribution < -0.4 is 0 Å². The van der Waals surface area contributed by atoms with Gasteiger partial charge in [0.15, 0.2) is 0 Å². The first-order valence-corrected chi connectivity index (χ1v) is 7.68. The largest absolute Gasteiger partial charge is 0.508 e. The van der Waals surface area contributed by atoms with Gasteiger partial charge in [0.05, 0.1) is 5.69 Å². The van der Waals surface area contributed by atoms with Crippen LogP contribution in [0.5, 0.6) is 5.75 Å². The monoisotopic (exact) mass is 299 g/mol. The molecular weight excluding hydrogens is 274 g/mol. The number of rotatable bonds is 8. The van der Waals surface area contributed by atoms with Crippen LogP contribution in [0, 0.1) is 0 Å². The first-order chi connectivity index (χ1) is 10.6. The molecule has 0 aliphatic rings. The van der Waals surface area contributed by atoms with E-state index < -0.39 is 0 Å². The van der Waals surface area contributed by atoms with Crippen LogP contribution in [-0.4, -0.2) is 47.1 Å². The third kappa shape index (κ3) is 5.84. The van der Waals surface area contributed by atoms with Crippen molar-refractivity contribution < 1.29 is 5.11 Å². The minimum Gasteiger partial charge on any atom is -0.508 e. The summed E-state index contributed by atoms with van der Waals surface area (Å²) in [6.07, 6.45) is 2.94. The highest BCUT2D eigenvalue weighted by Gasteiger charge is 2.08. The zero-order chi connectivity index (χ0) is 15.8. The summed E-state index contributed by atoms with van der Waals surface area (Å²) in [5.74, 6) is 0.323. The minimum atomic E-state index is 0.323. The van der Waals surface area contributed by atoms with Crippen LogP contribution in [-0.2, 0) is 13.1 Å². The van der Waals surface area contributed by atoms with Crippen LogP contribution >= 0.6 is 0 Å². The summed E-state index contributed by atoms with van der Waals surface area (Å²) in [5.41, 5.74) is 2.20. The molecule has 4 nitrogen and oxygen atoms in total. The van der Waals surface area contributed by atoms with Gasteiger partial charge in [-0.1, -0.05) is 18.2 Å². The van der Waals surface area contributed by atoms with Crippen molar-refractivity contribution >= 4 is 0 Å². The summed E-state index contributed by atoms with van der Waals surface area (Å²) >= 11 is 0. The van der Waals surface area contributed by atoms with E-state index >= 15 is 0 Å². The van der Waals surface area contributed by atoms with Crippen molar-refractivity contribution in [3.63, 3.8) is 0 Å². The molecule has 1 aromatic heterocycles. The van der Waals surface area contributed by atoms with Crippen LogP contribution in [0.2, 0.25) is 0 Å². The number of phenols is 1. The standard InChI is InChI=1S/C18H25N3O/c1-20(2)11-6-12-21(15-17-8-3-4-10-19-17)14-16-7-5-9-18(22)13-16/h3-5,7-10,13,22H,6,11-12,14-15H2,1-2H3. The molecule has 0 bridgehead atoms. The van der Waals surface area contributed by atoms with Crippen LogP contribution in [0.4, 0.5) is 0 Å². The van der Waals surface area contributed by atoms with Crippen molar-refractivity contribution in [2.75, 3.05) is 27.2 Å². The van der Waals surface area contributed by atoms with Gasteiger partial charge in [-0.15, -0.1) is 0 Å². The van der Waals surface area contributed by atoms with Crippen LogP contribution in [0.25, 0.3) is 0 Å². The lowest BCUT2D eigenvalue weighted by Crippen LogP contribution is -2.27. The fourth-order valence-electron chi connectivity index (χ4n) is 2.46. The number of hydrogen-bond acceptors (Lipinski definition) is 4. The Morgan fingerprint density at radius 2 is 1.86 bits per heavy atom. The van der Waals surface area contributed by atoms with E-state index in [1.165, 1.54) is 0 Å². The van der Waals surface area contributed by atoms with Gasteiger partial charge in [0.25, 0.3) is 0 Å². The van der Waals surface area contributed by atoms with E-state index in [1.807, 2.05) is 30.5 Å². The van der Waals surface area contributed by atoms with Crippen molar-refractivity contribution in [3.8, 4) is 5.75 Å². The molecule has 2 rings (SSSR count). The fourth-order valence-corrected chi connectivity index (χ4v) is 2.46. The van der Waals surface area contributed by atoms with Crippen LogP contribution in [0.3, 0.4) is 0 Å². The van der Waals surface area contributed by atoms with E-state index in [1.54, 1.807) is 6.07 Å². The highest BCUT2D eigenvalue weighted by molar-refractivity contribution is 5.27. The van der Waals surface area contributed by atoms with Gasteiger partial charge in [0.2, 0.25) is 0 Å². The van der Waals surface area contributed by atoms with Crippen molar-refractivity contribution in [3.05, 3.63) is 59.9 Å². The third-order valence-corrected chi connectivity index (χ3v) is 3.51. The zero-order valence-electron chi connectivity index (χ0n) is 13.4. The number of aromatic nitrogens is 1. The smallest absolute Gasteiger partial charge is 0.115 e. The van der Waals surface area contributed by atoms with E-state index in [9.17, 15) is 5.11 Å². The van der Waals surface area contributed by atoms with Crippen LogP contribution in [0.15, 0.2) is 48.7 Å². The Morgan fingerprint density at radius 1 is 1.00 bits per heavy atom. The van der Waals surface area contributed by atoms with Gasteiger partial charge >= 0.3 is 0 Å². The third-order valence-electron chi connectivity index (χ3n) is 3.51. The minimum absolute atomic E-state index is 0.323. The summed E-state index contributed by atoms with van der Waals surface area (Å²) in [7, 11) is 4.19. The summed E-state index contributed by atoms with van der Waals surface area (Å²) in [6, 6.07) is 13.5. The molecule has 0 aliphatic heterocycles. The van der Waals surface area contributed by atoms with E-state index in [2.05, 4.69) is 41.0 Å². The maximum absolute atomic E-state index is 9.63. The number of aromatic hydroxyl groups is 1. The molecule has 0 saturated carbocycles. The molecule has 0 saturated heterocycles. The maximum atomic E-state index is 9.63. The number of phenolic OH excluding ortho intramolecular Hbond substituents is 1. The second-order valence-corrected chi connectivity index (χ2v) is 5.86. The summed E-state index contributed by atoms with van der Waals surface area (Å²) in [4.78, 5) is 9.00. The summed E-state index contributed by atoms with van der Waals surface area (Å²) in [5, 5.41) is 9.63. The Kier molecular flexibility index (Phi) is 6.37. The Balaban J connectivity index is 2.00. The molecule has 1 aromatic carbocycles. The Bertz CT molecular complexity index is 557. The SMILES string of the molecule is CN(C)CCCN(Cc1cccc(O)c1)Cc1ccccn1. The van der Waals surface area contributed by atoms with Crippen molar-refractivity contribution in [2.24, 2.45) is 0 Å². The second kappa shape index (κ2) is 8.51. The fraction of sp³-hybridized carbons (Fsp3) is 0.389. The average Bonchev–Trinajstić information content (AvgIpc) is 2.48. The zero-order valence-corrected chi connectivity index (χ0v) is 13.4. The molecule has 118 valence electrons. The highest BCUT2D eigenvalue weighted by atomic mass is 16.3. The van der Waals surface area contributed by atoms with Gasteiger partial charge in [-0.25, -0.2) is 0 Å². The number of benzene rings is 1. The van der Waals surface area contributed by atoms with Crippen LogP contribution in [0.1, 0.15) is 17.7 Å². The molecule has 0 amide bonds. The van der Waals surface area contributed by atoms with Gasteiger partial charge in [0, 0.05) is 25.8 Å². The summed E-state index contributed by atoms with van der Waals surface area (Å²) < 4.78 is 0. The molecule has 0 aliphatic carbocycles. The number of pyridine rings is 1. The Labute approximate surface area is 133 Å². The van der Waals surface area contributed by atoms with E-state index in [0.29, 0.717) is 5.75 Å². The molecule has 0 atom stereocenters. The van der Waals surface area contributed by atoms with Gasteiger partial charge < -0.3 is 10.0 Å². The molecule has 1 heterocycles. The Morgan fingerprint density at radius 3 is 2.55 bits per heavy atom. The van der Waals surface area contributed by atoms with E-state index in [-0.39, 0.29) is 0 Å².